The van der Waals surface area contributed by atoms with Crippen LogP contribution in [0.4, 0.5) is 11.4 Å². The lowest BCUT2D eigenvalue weighted by Gasteiger charge is -2.13. The fraction of sp³-hybridized carbons (Fsp3) is 0.222. The number of hydrogen-bond acceptors (Lipinski definition) is 7. The van der Waals surface area contributed by atoms with E-state index in [1.54, 1.807) is 0 Å². The van der Waals surface area contributed by atoms with Gasteiger partial charge in [0.15, 0.2) is 6.10 Å². The number of nitrogens with zero attached hydrogens (tertiary/aromatic N) is 1. The Labute approximate surface area is 161 Å². The number of aryl methyl sites for hydroxylation is 1. The molecule has 0 aromatic heterocycles. The van der Waals surface area contributed by atoms with Crippen molar-refractivity contribution in [2.45, 2.75) is 20.0 Å². The first-order valence-electron chi connectivity index (χ1n) is 8.06. The number of sulfonamides is 1. The molecule has 0 aliphatic rings. The van der Waals surface area contributed by atoms with Gasteiger partial charge in [0.05, 0.1) is 16.7 Å². The van der Waals surface area contributed by atoms with Crippen LogP contribution in [-0.2, 0) is 14.8 Å². The number of esters is 1. The minimum Gasteiger partial charge on any atom is -0.451 e. The van der Waals surface area contributed by atoms with E-state index in [9.17, 15) is 28.1 Å². The predicted molar refractivity (Wildman–Crippen MR) is 102 cm³/mol. The van der Waals surface area contributed by atoms with Crippen LogP contribution in [0.15, 0.2) is 42.5 Å². The van der Waals surface area contributed by atoms with Crippen molar-refractivity contribution in [1.29, 1.82) is 0 Å². The van der Waals surface area contributed by atoms with Gasteiger partial charge >= 0.3 is 5.97 Å². The standard InChI is InChI=1S/C18H18N2O7S/c1-11-10-14(6-9-16(11)20(23)24)18(22)27-12(2)17(21)13-4-7-15(8-5-13)19-28(3,25)26/h4-10,12,19H,1-3H3/t12-/m0/s1. The molecule has 10 heteroatoms. The van der Waals surface area contributed by atoms with Crippen molar-refractivity contribution in [3.8, 4) is 0 Å². The zero-order valence-electron chi connectivity index (χ0n) is 15.3. The number of nitro benzene ring substituents is 1. The van der Waals surface area contributed by atoms with Gasteiger partial charge in [-0.25, -0.2) is 13.2 Å². The molecule has 0 saturated heterocycles. The number of ketones is 1. The van der Waals surface area contributed by atoms with E-state index < -0.39 is 32.8 Å². The Balaban J connectivity index is 2.08. The highest BCUT2D eigenvalue weighted by atomic mass is 32.2. The molecule has 0 aliphatic carbocycles. The fourth-order valence-electron chi connectivity index (χ4n) is 2.42. The van der Waals surface area contributed by atoms with E-state index >= 15 is 0 Å². The number of benzene rings is 2. The predicted octanol–water partition coefficient (Wildman–Crippen LogP) is 2.70. The Bertz CT molecular complexity index is 1030. The molecule has 0 radical (unpaired) electrons. The molecule has 1 N–H and O–H groups in total. The topological polar surface area (TPSA) is 133 Å². The summed E-state index contributed by atoms with van der Waals surface area (Å²) in [5, 5.41) is 10.8. The van der Waals surface area contributed by atoms with Crippen LogP contribution < -0.4 is 4.72 Å². The zero-order chi connectivity index (χ0) is 21.1. The first-order chi connectivity index (χ1) is 13.0. The molecular formula is C18H18N2O7S. The molecule has 1 atom stereocenters. The molecule has 2 rings (SSSR count). The number of carbonyl (C=O) groups excluding carboxylic acids is 2. The molecule has 0 heterocycles. The molecule has 0 spiro atoms. The molecular weight excluding hydrogens is 388 g/mol. The van der Waals surface area contributed by atoms with Crippen LogP contribution in [0.25, 0.3) is 0 Å². The average Bonchev–Trinajstić information content (AvgIpc) is 2.59. The maximum Gasteiger partial charge on any atom is 0.338 e. The third-order valence-corrected chi connectivity index (χ3v) is 4.36. The number of anilines is 1. The summed E-state index contributed by atoms with van der Waals surface area (Å²) in [6, 6.07) is 9.45. The van der Waals surface area contributed by atoms with Crippen LogP contribution >= 0.6 is 0 Å². The highest BCUT2D eigenvalue weighted by Crippen LogP contribution is 2.20. The molecule has 0 amide bonds. The van der Waals surface area contributed by atoms with E-state index in [1.807, 2.05) is 0 Å². The minimum absolute atomic E-state index is 0.0930. The molecule has 9 nitrogen and oxygen atoms in total. The van der Waals surface area contributed by atoms with Crippen LogP contribution in [0, 0.1) is 17.0 Å². The van der Waals surface area contributed by atoms with E-state index in [-0.39, 0.29) is 16.8 Å². The summed E-state index contributed by atoms with van der Waals surface area (Å²) in [6.07, 6.45) is -0.0928. The highest BCUT2D eigenvalue weighted by molar-refractivity contribution is 7.92. The van der Waals surface area contributed by atoms with Crippen LogP contribution in [-0.4, -0.2) is 37.5 Å². The Morgan fingerprint density at radius 1 is 1.11 bits per heavy atom. The Kier molecular flexibility index (Phi) is 6.14. The van der Waals surface area contributed by atoms with Crippen molar-refractivity contribution in [3.05, 3.63) is 69.3 Å². The second-order valence-corrected chi connectivity index (χ2v) is 7.87. The normalized spacial score (nSPS) is 12.1. The SMILES string of the molecule is Cc1cc(C(=O)O[C@@H](C)C(=O)c2ccc(NS(C)(=O)=O)cc2)ccc1[N+](=O)[O-]. The molecule has 0 saturated carbocycles. The van der Waals surface area contributed by atoms with E-state index in [2.05, 4.69) is 4.72 Å². The Morgan fingerprint density at radius 2 is 1.68 bits per heavy atom. The largest absolute Gasteiger partial charge is 0.451 e. The highest BCUT2D eigenvalue weighted by Gasteiger charge is 2.22. The third-order valence-electron chi connectivity index (χ3n) is 3.75. The average molecular weight is 406 g/mol. The van der Waals surface area contributed by atoms with Crippen LogP contribution in [0.5, 0.6) is 0 Å². The quantitative estimate of drug-likeness (QED) is 0.323. The minimum atomic E-state index is -3.43. The Hall–Kier alpha value is -3.27. The second kappa shape index (κ2) is 8.17. The van der Waals surface area contributed by atoms with Crippen molar-refractivity contribution >= 4 is 33.2 Å². The van der Waals surface area contributed by atoms with Crippen LogP contribution in [0.3, 0.4) is 0 Å². The summed E-state index contributed by atoms with van der Waals surface area (Å²) in [5.41, 5.74) is 0.801. The summed E-state index contributed by atoms with van der Waals surface area (Å²) in [5.74, 6) is -1.26. The maximum atomic E-state index is 12.4. The number of hydrogen-bond donors (Lipinski definition) is 1. The zero-order valence-corrected chi connectivity index (χ0v) is 16.1. The maximum absolute atomic E-state index is 12.4. The lowest BCUT2D eigenvalue weighted by Crippen LogP contribution is -2.24. The summed E-state index contributed by atoms with van der Waals surface area (Å²) >= 11 is 0. The van der Waals surface area contributed by atoms with Gasteiger partial charge < -0.3 is 4.74 Å². The summed E-state index contributed by atoms with van der Waals surface area (Å²) in [4.78, 5) is 34.9. The van der Waals surface area contributed by atoms with Crippen molar-refractivity contribution in [1.82, 2.24) is 0 Å². The molecule has 0 fully saturated rings. The lowest BCUT2D eigenvalue weighted by molar-refractivity contribution is -0.385. The molecule has 2 aromatic rings. The van der Waals surface area contributed by atoms with Crippen molar-refractivity contribution in [2.24, 2.45) is 0 Å². The van der Waals surface area contributed by atoms with Gasteiger partial charge in [0, 0.05) is 22.9 Å². The van der Waals surface area contributed by atoms with E-state index in [4.69, 9.17) is 4.74 Å². The van der Waals surface area contributed by atoms with E-state index in [0.717, 1.165) is 6.26 Å². The third kappa shape index (κ3) is 5.36. The summed E-state index contributed by atoms with van der Waals surface area (Å²) in [7, 11) is -3.43. The van der Waals surface area contributed by atoms with Gasteiger partial charge in [-0.2, -0.15) is 0 Å². The van der Waals surface area contributed by atoms with Crippen molar-refractivity contribution in [2.75, 3.05) is 11.0 Å². The lowest BCUT2D eigenvalue weighted by atomic mass is 10.1. The van der Waals surface area contributed by atoms with Crippen molar-refractivity contribution in [3.63, 3.8) is 0 Å². The monoisotopic (exact) mass is 406 g/mol. The molecule has 0 bridgehead atoms. The first kappa shape index (κ1) is 21.0. The Morgan fingerprint density at radius 3 is 2.18 bits per heavy atom. The summed E-state index contributed by atoms with van der Waals surface area (Å²) in [6.45, 7) is 2.90. The van der Waals surface area contributed by atoms with Crippen LogP contribution in [0.2, 0.25) is 0 Å². The molecule has 148 valence electrons. The van der Waals surface area contributed by atoms with Gasteiger partial charge in [-0.05, 0) is 50.2 Å². The first-order valence-corrected chi connectivity index (χ1v) is 9.95. The van der Waals surface area contributed by atoms with Gasteiger partial charge in [0.1, 0.15) is 0 Å². The molecule has 28 heavy (non-hydrogen) atoms. The number of ether oxygens (including phenoxy) is 1. The molecule has 2 aromatic carbocycles. The number of carbonyl (C=O) groups is 2. The van der Waals surface area contributed by atoms with Crippen LogP contribution in [0.1, 0.15) is 33.2 Å². The fourth-order valence-corrected chi connectivity index (χ4v) is 2.98. The van der Waals surface area contributed by atoms with Gasteiger partial charge in [-0.1, -0.05) is 0 Å². The number of nitro groups is 1. The van der Waals surface area contributed by atoms with Gasteiger partial charge in [-0.3, -0.25) is 19.6 Å². The number of nitrogens with one attached hydrogen (secondary N) is 1. The summed E-state index contributed by atoms with van der Waals surface area (Å²) < 4.78 is 29.8. The van der Waals surface area contributed by atoms with Gasteiger partial charge in [0.25, 0.3) is 5.69 Å². The van der Waals surface area contributed by atoms with Crippen molar-refractivity contribution < 1.29 is 27.7 Å². The number of Topliss-reactive ketones (excluding diaryl/α,β-unsaturated/α-hetero) is 1. The van der Waals surface area contributed by atoms with E-state index in [1.165, 1.54) is 56.3 Å². The van der Waals surface area contributed by atoms with Gasteiger partial charge in [-0.15, -0.1) is 0 Å². The molecule has 0 unspecified atom stereocenters. The smallest absolute Gasteiger partial charge is 0.338 e. The second-order valence-electron chi connectivity index (χ2n) is 6.12. The molecule has 0 aliphatic heterocycles. The van der Waals surface area contributed by atoms with Gasteiger partial charge in [0.2, 0.25) is 15.8 Å². The number of rotatable bonds is 7. The van der Waals surface area contributed by atoms with E-state index in [0.29, 0.717) is 11.3 Å².